The Morgan fingerprint density at radius 1 is 1.18 bits per heavy atom. The molecule has 2 aromatic carbocycles. The lowest BCUT2D eigenvalue weighted by atomic mass is 10.1. The second-order valence-corrected chi connectivity index (χ2v) is 6.03. The number of hydrogen-bond donors (Lipinski definition) is 1. The van der Waals surface area contributed by atoms with Gasteiger partial charge < -0.3 is 4.42 Å². The molecule has 0 fully saturated rings. The molecule has 4 nitrogen and oxygen atoms in total. The first kappa shape index (κ1) is 13.0. The van der Waals surface area contributed by atoms with E-state index < -0.39 is 0 Å². The number of hydrogen-bond acceptors (Lipinski definition) is 4. The van der Waals surface area contributed by atoms with Crippen molar-refractivity contribution >= 4 is 43.4 Å². The van der Waals surface area contributed by atoms with Crippen molar-refractivity contribution in [1.82, 2.24) is 4.98 Å². The number of carbonyl (C=O) groups excluding carboxylic acids is 1. The molecule has 0 aliphatic carbocycles. The molecule has 0 aliphatic heterocycles. The average Bonchev–Trinajstić information content (AvgIpc) is 3.12. The van der Waals surface area contributed by atoms with Crippen molar-refractivity contribution < 1.29 is 9.21 Å². The quantitative estimate of drug-likeness (QED) is 0.588. The molecule has 2 heterocycles. The molecule has 0 saturated carbocycles. The van der Waals surface area contributed by atoms with E-state index in [4.69, 9.17) is 4.42 Å². The summed E-state index contributed by atoms with van der Waals surface area (Å²) in [5.74, 6) is 0.402. The first-order valence-corrected chi connectivity index (χ1v) is 7.68. The van der Waals surface area contributed by atoms with E-state index in [-0.39, 0.29) is 5.91 Å². The monoisotopic (exact) mass is 308 g/mol. The molecule has 0 saturated heterocycles. The summed E-state index contributed by atoms with van der Waals surface area (Å²) in [5.41, 5.74) is 1.45. The first-order valence-electron chi connectivity index (χ1n) is 6.86. The maximum Gasteiger partial charge on any atom is 0.260 e. The molecule has 5 heteroatoms. The summed E-state index contributed by atoms with van der Waals surface area (Å²) in [6.07, 6.45) is 1.51. The minimum atomic E-state index is -0.199. The van der Waals surface area contributed by atoms with Crippen LogP contribution in [0.1, 0.15) is 16.1 Å². The van der Waals surface area contributed by atoms with Crippen LogP contribution in [0.5, 0.6) is 0 Å². The van der Waals surface area contributed by atoms with Crippen molar-refractivity contribution in [2.45, 2.75) is 6.92 Å². The fourth-order valence-electron chi connectivity index (χ4n) is 2.50. The zero-order valence-electron chi connectivity index (χ0n) is 11.8. The fraction of sp³-hybridized carbons (Fsp3) is 0.0588. The van der Waals surface area contributed by atoms with E-state index in [9.17, 15) is 4.79 Å². The number of nitrogens with one attached hydrogen (secondary N) is 1. The standard InChI is InChI=1S/C17H12N2O2S/c1-10-12(8-9-21-10)16(20)19-17-18-15-13-5-3-2-4-11(13)6-7-14(15)22-17/h2-9H,1H3,(H,18,19,20). The number of furan rings is 1. The van der Waals surface area contributed by atoms with Gasteiger partial charge in [0.2, 0.25) is 0 Å². The van der Waals surface area contributed by atoms with Gasteiger partial charge in [-0.15, -0.1) is 0 Å². The Morgan fingerprint density at radius 2 is 2.05 bits per heavy atom. The number of anilines is 1. The molecular weight excluding hydrogens is 296 g/mol. The summed E-state index contributed by atoms with van der Waals surface area (Å²) in [7, 11) is 0. The number of rotatable bonds is 2. The van der Waals surface area contributed by atoms with Crippen LogP contribution in [0.25, 0.3) is 21.0 Å². The Bertz CT molecular complexity index is 1000. The summed E-state index contributed by atoms with van der Waals surface area (Å²) in [6.45, 7) is 1.76. The third-order valence-electron chi connectivity index (χ3n) is 3.61. The molecule has 0 unspecified atom stereocenters. The Labute approximate surface area is 130 Å². The molecule has 0 spiro atoms. The minimum Gasteiger partial charge on any atom is -0.469 e. The van der Waals surface area contributed by atoms with Gasteiger partial charge in [-0.3, -0.25) is 10.1 Å². The van der Waals surface area contributed by atoms with Crippen molar-refractivity contribution in [2.24, 2.45) is 0 Å². The number of aromatic nitrogens is 1. The molecule has 1 N–H and O–H groups in total. The van der Waals surface area contributed by atoms with Gasteiger partial charge in [-0.1, -0.05) is 41.7 Å². The zero-order chi connectivity index (χ0) is 15.1. The third-order valence-corrected chi connectivity index (χ3v) is 4.54. The van der Waals surface area contributed by atoms with E-state index in [0.29, 0.717) is 16.5 Å². The van der Waals surface area contributed by atoms with Crippen LogP contribution in [-0.2, 0) is 0 Å². The fourth-order valence-corrected chi connectivity index (χ4v) is 3.38. The molecule has 0 bridgehead atoms. The van der Waals surface area contributed by atoms with Gasteiger partial charge in [-0.2, -0.15) is 0 Å². The van der Waals surface area contributed by atoms with E-state index in [0.717, 1.165) is 21.0 Å². The lowest BCUT2D eigenvalue weighted by Crippen LogP contribution is -2.11. The maximum atomic E-state index is 12.2. The smallest absolute Gasteiger partial charge is 0.260 e. The molecular formula is C17H12N2O2S. The van der Waals surface area contributed by atoms with Crippen LogP contribution in [0.4, 0.5) is 5.13 Å². The number of carbonyl (C=O) groups is 1. The Kier molecular flexibility index (Phi) is 2.94. The topological polar surface area (TPSA) is 55.1 Å². The third kappa shape index (κ3) is 2.07. The summed E-state index contributed by atoms with van der Waals surface area (Å²) in [5, 5.41) is 5.68. The summed E-state index contributed by atoms with van der Waals surface area (Å²) in [6, 6.07) is 13.9. The van der Waals surface area contributed by atoms with Crippen LogP contribution in [-0.4, -0.2) is 10.9 Å². The van der Waals surface area contributed by atoms with Gasteiger partial charge in [0.25, 0.3) is 5.91 Å². The molecule has 0 aliphatic rings. The molecule has 22 heavy (non-hydrogen) atoms. The van der Waals surface area contributed by atoms with Gasteiger partial charge in [0.1, 0.15) is 5.76 Å². The number of benzene rings is 2. The van der Waals surface area contributed by atoms with Gasteiger partial charge in [-0.05, 0) is 24.4 Å². The number of amides is 1. The molecule has 4 rings (SSSR count). The van der Waals surface area contributed by atoms with E-state index in [1.807, 2.05) is 24.3 Å². The van der Waals surface area contributed by atoms with Gasteiger partial charge in [-0.25, -0.2) is 4.98 Å². The number of nitrogens with zero attached hydrogens (tertiary/aromatic N) is 1. The number of fused-ring (bicyclic) bond motifs is 3. The number of thiazole rings is 1. The summed E-state index contributed by atoms with van der Waals surface area (Å²) < 4.78 is 6.22. The van der Waals surface area contributed by atoms with Gasteiger partial charge in [0.05, 0.1) is 22.0 Å². The van der Waals surface area contributed by atoms with E-state index in [1.54, 1.807) is 13.0 Å². The first-order chi connectivity index (χ1) is 10.7. The van der Waals surface area contributed by atoms with Gasteiger partial charge in [0, 0.05) is 5.39 Å². The summed E-state index contributed by atoms with van der Waals surface area (Å²) >= 11 is 1.47. The van der Waals surface area contributed by atoms with Crippen molar-refractivity contribution in [3.8, 4) is 0 Å². The van der Waals surface area contributed by atoms with E-state index in [1.165, 1.54) is 17.6 Å². The normalized spacial score (nSPS) is 11.1. The molecule has 4 aromatic rings. The highest BCUT2D eigenvalue weighted by molar-refractivity contribution is 7.22. The van der Waals surface area contributed by atoms with Crippen LogP contribution in [0, 0.1) is 6.92 Å². The Balaban J connectivity index is 1.75. The minimum absolute atomic E-state index is 0.199. The van der Waals surface area contributed by atoms with Crippen LogP contribution < -0.4 is 5.32 Å². The van der Waals surface area contributed by atoms with Gasteiger partial charge >= 0.3 is 0 Å². The molecule has 108 valence electrons. The highest BCUT2D eigenvalue weighted by atomic mass is 32.1. The lowest BCUT2D eigenvalue weighted by Gasteiger charge is -1.99. The highest BCUT2D eigenvalue weighted by Gasteiger charge is 2.14. The van der Waals surface area contributed by atoms with Crippen molar-refractivity contribution in [2.75, 3.05) is 5.32 Å². The average molecular weight is 308 g/mol. The highest BCUT2D eigenvalue weighted by Crippen LogP contribution is 2.31. The van der Waals surface area contributed by atoms with E-state index in [2.05, 4.69) is 22.4 Å². The summed E-state index contributed by atoms with van der Waals surface area (Å²) in [4.78, 5) is 16.8. The second-order valence-electron chi connectivity index (χ2n) is 5.00. The van der Waals surface area contributed by atoms with Crippen LogP contribution in [0.3, 0.4) is 0 Å². The van der Waals surface area contributed by atoms with E-state index >= 15 is 0 Å². The predicted octanol–water partition coefficient (Wildman–Crippen LogP) is 4.60. The van der Waals surface area contributed by atoms with Crippen molar-refractivity contribution in [3.63, 3.8) is 0 Å². The SMILES string of the molecule is Cc1occc1C(=O)Nc1nc2c(ccc3ccccc32)s1. The Hall–Kier alpha value is -2.66. The number of aryl methyl sites for hydroxylation is 1. The van der Waals surface area contributed by atoms with Crippen LogP contribution >= 0.6 is 11.3 Å². The van der Waals surface area contributed by atoms with Crippen molar-refractivity contribution in [1.29, 1.82) is 0 Å². The largest absolute Gasteiger partial charge is 0.469 e. The predicted molar refractivity (Wildman–Crippen MR) is 88.5 cm³/mol. The molecule has 1 amide bonds. The lowest BCUT2D eigenvalue weighted by molar-refractivity contribution is 0.102. The Morgan fingerprint density at radius 3 is 2.86 bits per heavy atom. The maximum absolute atomic E-state index is 12.2. The van der Waals surface area contributed by atoms with Crippen LogP contribution in [0.15, 0.2) is 53.1 Å². The molecule has 0 atom stereocenters. The molecule has 2 aromatic heterocycles. The van der Waals surface area contributed by atoms with Crippen molar-refractivity contribution in [3.05, 3.63) is 60.1 Å². The van der Waals surface area contributed by atoms with Crippen LogP contribution in [0.2, 0.25) is 0 Å². The zero-order valence-corrected chi connectivity index (χ0v) is 12.6. The molecule has 0 radical (unpaired) electrons. The van der Waals surface area contributed by atoms with Gasteiger partial charge in [0.15, 0.2) is 5.13 Å². The second kappa shape index (κ2) is 4.96.